The molecule has 0 aliphatic carbocycles. The van der Waals surface area contributed by atoms with Crippen molar-refractivity contribution in [3.8, 4) is 0 Å². The molecule has 0 radical (unpaired) electrons. The number of hydrazine groups is 1. The van der Waals surface area contributed by atoms with E-state index in [-0.39, 0.29) is 23.8 Å². The summed E-state index contributed by atoms with van der Waals surface area (Å²) < 4.78 is 13.5. The van der Waals surface area contributed by atoms with Crippen LogP contribution in [0.1, 0.15) is 23.6 Å². The number of anilines is 1. The van der Waals surface area contributed by atoms with Crippen LogP contribution in [0, 0.1) is 12.7 Å². The van der Waals surface area contributed by atoms with Crippen molar-refractivity contribution in [2.45, 2.75) is 25.4 Å². The van der Waals surface area contributed by atoms with E-state index in [0.29, 0.717) is 22.7 Å². The fourth-order valence-electron chi connectivity index (χ4n) is 2.54. The van der Waals surface area contributed by atoms with Crippen LogP contribution in [0.3, 0.4) is 0 Å². The second-order valence-corrected chi connectivity index (χ2v) is 6.07. The van der Waals surface area contributed by atoms with Gasteiger partial charge in [-0.25, -0.2) is 15.2 Å². The van der Waals surface area contributed by atoms with Crippen molar-refractivity contribution in [1.29, 1.82) is 0 Å². The van der Waals surface area contributed by atoms with Gasteiger partial charge in [-0.2, -0.15) is 0 Å². The number of hydrogen-bond donors (Lipinski definition) is 3. The number of benzene rings is 2. The van der Waals surface area contributed by atoms with Crippen molar-refractivity contribution < 1.29 is 9.18 Å². The van der Waals surface area contributed by atoms with Crippen LogP contribution in [0.5, 0.6) is 0 Å². The summed E-state index contributed by atoms with van der Waals surface area (Å²) in [6, 6.07) is 11.8. The third-order valence-electron chi connectivity index (χ3n) is 3.93. The minimum absolute atomic E-state index is 0.0257. The van der Waals surface area contributed by atoms with Crippen molar-refractivity contribution in [1.82, 2.24) is 10.9 Å². The molecule has 0 saturated carbocycles. The highest BCUT2D eigenvalue weighted by Gasteiger charge is 2.30. The lowest BCUT2D eigenvalue weighted by Gasteiger charge is -2.11. The quantitative estimate of drug-likeness (QED) is 0.807. The molecule has 23 heavy (non-hydrogen) atoms. The van der Waals surface area contributed by atoms with Crippen molar-refractivity contribution in [3.05, 3.63) is 64.4 Å². The largest absolute Gasteiger partial charge is 0.325 e. The third kappa shape index (κ3) is 3.69. The van der Waals surface area contributed by atoms with E-state index >= 15 is 0 Å². The summed E-state index contributed by atoms with van der Waals surface area (Å²) in [6.45, 7) is 1.68. The van der Waals surface area contributed by atoms with Crippen LogP contribution < -0.4 is 16.2 Å². The molecule has 2 unspecified atom stereocenters. The second-order valence-electron chi connectivity index (χ2n) is 5.63. The van der Waals surface area contributed by atoms with E-state index in [4.69, 9.17) is 11.6 Å². The molecule has 2 aromatic rings. The molecule has 0 aromatic heterocycles. The van der Waals surface area contributed by atoms with Crippen LogP contribution >= 0.6 is 11.6 Å². The molecule has 3 N–H and O–H groups in total. The van der Waals surface area contributed by atoms with Gasteiger partial charge >= 0.3 is 0 Å². The predicted octanol–water partition coefficient (Wildman–Crippen LogP) is 3.33. The molecule has 6 heteroatoms. The van der Waals surface area contributed by atoms with Gasteiger partial charge in [0.2, 0.25) is 5.91 Å². The Labute approximate surface area is 139 Å². The molecule has 1 fully saturated rings. The summed E-state index contributed by atoms with van der Waals surface area (Å²) in [4.78, 5) is 12.3. The average Bonchev–Trinajstić information content (AvgIpc) is 3.02. The van der Waals surface area contributed by atoms with Crippen LogP contribution in [-0.4, -0.2) is 11.9 Å². The van der Waals surface area contributed by atoms with Crippen LogP contribution in [0.15, 0.2) is 42.5 Å². The first-order valence-corrected chi connectivity index (χ1v) is 7.74. The Morgan fingerprint density at radius 1 is 1.22 bits per heavy atom. The van der Waals surface area contributed by atoms with Crippen LogP contribution in [0.4, 0.5) is 10.1 Å². The lowest BCUT2D eigenvalue weighted by Crippen LogP contribution is -2.39. The van der Waals surface area contributed by atoms with E-state index in [2.05, 4.69) is 16.2 Å². The number of halogens is 2. The Balaban J connectivity index is 1.63. The first kappa shape index (κ1) is 15.9. The highest BCUT2D eigenvalue weighted by atomic mass is 35.5. The van der Waals surface area contributed by atoms with Gasteiger partial charge in [0, 0.05) is 16.8 Å². The van der Waals surface area contributed by atoms with E-state index in [1.54, 1.807) is 19.1 Å². The van der Waals surface area contributed by atoms with Crippen molar-refractivity contribution >= 4 is 23.2 Å². The Kier molecular flexibility index (Phi) is 4.61. The minimum atomic E-state index is -0.389. The highest BCUT2D eigenvalue weighted by Crippen LogP contribution is 2.24. The van der Waals surface area contributed by atoms with Gasteiger partial charge in [-0.15, -0.1) is 0 Å². The van der Waals surface area contributed by atoms with E-state index in [1.807, 2.05) is 24.3 Å². The van der Waals surface area contributed by atoms with Gasteiger partial charge in [-0.1, -0.05) is 29.8 Å². The lowest BCUT2D eigenvalue weighted by atomic mass is 10.0. The highest BCUT2D eigenvalue weighted by molar-refractivity contribution is 6.30. The molecule has 0 bridgehead atoms. The first-order valence-electron chi connectivity index (χ1n) is 7.36. The van der Waals surface area contributed by atoms with Gasteiger partial charge < -0.3 is 5.32 Å². The average molecular weight is 334 g/mol. The lowest BCUT2D eigenvalue weighted by molar-refractivity contribution is -0.117. The summed E-state index contributed by atoms with van der Waals surface area (Å²) in [5.41, 5.74) is 8.13. The Morgan fingerprint density at radius 2 is 1.96 bits per heavy atom. The van der Waals surface area contributed by atoms with Gasteiger partial charge in [0.25, 0.3) is 0 Å². The number of aryl methyl sites for hydroxylation is 1. The summed E-state index contributed by atoms with van der Waals surface area (Å²) >= 11 is 5.88. The summed E-state index contributed by atoms with van der Waals surface area (Å²) in [5, 5.41) is 3.41. The van der Waals surface area contributed by atoms with E-state index in [1.165, 1.54) is 6.07 Å². The van der Waals surface area contributed by atoms with Gasteiger partial charge in [0.15, 0.2) is 0 Å². The molecule has 120 valence electrons. The van der Waals surface area contributed by atoms with Crippen molar-refractivity contribution in [2.75, 3.05) is 5.32 Å². The van der Waals surface area contributed by atoms with Gasteiger partial charge in [0.05, 0.1) is 0 Å². The van der Waals surface area contributed by atoms with E-state index in [0.717, 1.165) is 5.56 Å². The summed E-state index contributed by atoms with van der Waals surface area (Å²) in [7, 11) is 0. The maximum Gasteiger partial charge on any atom is 0.242 e. The molecule has 3 rings (SSSR count). The second kappa shape index (κ2) is 6.66. The Morgan fingerprint density at radius 3 is 2.65 bits per heavy atom. The van der Waals surface area contributed by atoms with Crippen LogP contribution in [0.2, 0.25) is 5.02 Å². The SMILES string of the molecule is Cc1ccc(NC(=O)C2CC(c3ccc(Cl)cc3)NN2)cc1F. The van der Waals surface area contributed by atoms with Crippen LogP contribution in [0.25, 0.3) is 0 Å². The fourth-order valence-corrected chi connectivity index (χ4v) is 2.67. The Bertz CT molecular complexity index is 720. The van der Waals surface area contributed by atoms with Crippen LogP contribution in [-0.2, 0) is 4.79 Å². The maximum atomic E-state index is 13.5. The summed E-state index contributed by atoms with van der Waals surface area (Å²) in [5.74, 6) is -0.531. The fraction of sp³-hybridized carbons (Fsp3) is 0.235. The van der Waals surface area contributed by atoms with Gasteiger partial charge in [-0.05, 0) is 48.7 Å². The normalized spacial score (nSPS) is 20.5. The number of amides is 1. The molecule has 0 spiro atoms. The topological polar surface area (TPSA) is 53.2 Å². The number of carbonyl (C=O) groups excluding carboxylic acids is 1. The van der Waals surface area contributed by atoms with Gasteiger partial charge in [-0.3, -0.25) is 4.79 Å². The Hall–Kier alpha value is -1.95. The number of carbonyl (C=O) groups is 1. The van der Waals surface area contributed by atoms with E-state index in [9.17, 15) is 9.18 Å². The molecule has 1 heterocycles. The smallest absolute Gasteiger partial charge is 0.242 e. The molecular formula is C17H17ClFN3O. The molecule has 1 amide bonds. The molecule has 1 aliphatic rings. The standard InChI is InChI=1S/C17H17ClFN3O/c1-10-2-7-13(8-14(10)19)20-17(23)16-9-15(21-22-16)11-3-5-12(18)6-4-11/h2-8,15-16,21-22H,9H2,1H3,(H,20,23). The monoisotopic (exact) mass is 333 g/mol. The maximum absolute atomic E-state index is 13.5. The van der Waals surface area contributed by atoms with Crippen molar-refractivity contribution in [3.63, 3.8) is 0 Å². The zero-order valence-corrected chi connectivity index (χ0v) is 13.3. The molecule has 4 nitrogen and oxygen atoms in total. The molecule has 2 atom stereocenters. The number of hydrogen-bond acceptors (Lipinski definition) is 3. The summed E-state index contributed by atoms with van der Waals surface area (Å²) in [6.07, 6.45) is 0.599. The molecule has 1 saturated heterocycles. The number of rotatable bonds is 3. The third-order valence-corrected chi connectivity index (χ3v) is 4.18. The van der Waals surface area contributed by atoms with Gasteiger partial charge in [0.1, 0.15) is 11.9 Å². The zero-order valence-electron chi connectivity index (χ0n) is 12.6. The van der Waals surface area contributed by atoms with Crippen molar-refractivity contribution in [2.24, 2.45) is 0 Å². The molecular weight excluding hydrogens is 317 g/mol. The first-order chi connectivity index (χ1) is 11.0. The molecule has 2 aromatic carbocycles. The van der Waals surface area contributed by atoms with E-state index < -0.39 is 0 Å². The minimum Gasteiger partial charge on any atom is -0.325 e. The number of nitrogens with one attached hydrogen (secondary N) is 3. The molecule has 1 aliphatic heterocycles. The predicted molar refractivity (Wildman–Crippen MR) is 88.6 cm³/mol. The zero-order chi connectivity index (χ0) is 16.4.